The van der Waals surface area contributed by atoms with Crippen LogP contribution in [-0.2, 0) is 0 Å². The average molecular weight is 234 g/mol. The van der Waals surface area contributed by atoms with E-state index in [1.54, 1.807) is 0 Å². The molecule has 0 bridgehead atoms. The second-order valence-corrected chi connectivity index (χ2v) is 5.27. The summed E-state index contributed by atoms with van der Waals surface area (Å²) in [5.41, 5.74) is 0. The fourth-order valence-corrected chi connectivity index (χ4v) is 0.0500. The molecule has 0 aliphatic rings. The van der Waals surface area contributed by atoms with Crippen molar-refractivity contribution < 1.29 is 10.2 Å². The molecule has 0 aliphatic heterocycles. The zero-order valence-corrected chi connectivity index (χ0v) is 6.74. The first-order chi connectivity index (χ1) is 3.12. The monoisotopic (exact) mass is 232 g/mol. The van der Waals surface area contributed by atoms with Gasteiger partial charge in [0.2, 0.25) is 0 Å². The minimum absolute atomic E-state index is 0.122. The van der Waals surface area contributed by atoms with Crippen molar-refractivity contribution in [2.75, 3.05) is 13.2 Å². The molecular formula is C3H6Br2O2. The van der Waals surface area contributed by atoms with Crippen molar-refractivity contribution in [3.8, 4) is 0 Å². The van der Waals surface area contributed by atoms with Gasteiger partial charge in [-0.3, -0.25) is 0 Å². The summed E-state index contributed by atoms with van der Waals surface area (Å²) < 4.78 is -0.681. The Morgan fingerprint density at radius 1 is 1.14 bits per heavy atom. The lowest BCUT2D eigenvalue weighted by atomic mass is 10.5. The minimum Gasteiger partial charge on any atom is -0.394 e. The Morgan fingerprint density at radius 3 is 1.43 bits per heavy atom. The highest BCUT2D eigenvalue weighted by Crippen LogP contribution is 2.23. The van der Waals surface area contributed by atoms with E-state index in [1.165, 1.54) is 0 Å². The van der Waals surface area contributed by atoms with Crippen LogP contribution in [0, 0.1) is 0 Å². The lowest BCUT2D eigenvalue weighted by Crippen LogP contribution is -2.21. The van der Waals surface area contributed by atoms with E-state index in [9.17, 15) is 0 Å². The Balaban J connectivity index is 3.36. The van der Waals surface area contributed by atoms with Gasteiger partial charge in [0.25, 0.3) is 0 Å². The van der Waals surface area contributed by atoms with Crippen molar-refractivity contribution in [2.45, 2.75) is 3.23 Å². The average Bonchev–Trinajstić information content (AvgIpc) is 1.68. The highest BCUT2D eigenvalue weighted by molar-refractivity contribution is 9.25. The molecule has 0 saturated heterocycles. The van der Waals surface area contributed by atoms with Crippen molar-refractivity contribution >= 4 is 31.9 Å². The van der Waals surface area contributed by atoms with Crippen molar-refractivity contribution in [3.05, 3.63) is 0 Å². The molecule has 44 valence electrons. The van der Waals surface area contributed by atoms with Crippen LogP contribution in [-0.4, -0.2) is 26.7 Å². The zero-order chi connectivity index (χ0) is 5.91. The first kappa shape index (κ1) is 7.88. The largest absolute Gasteiger partial charge is 0.394 e. The molecular weight excluding hydrogens is 228 g/mol. The van der Waals surface area contributed by atoms with E-state index in [-0.39, 0.29) is 13.2 Å². The van der Waals surface area contributed by atoms with Gasteiger partial charge in [-0.25, -0.2) is 0 Å². The first-order valence-corrected chi connectivity index (χ1v) is 3.30. The van der Waals surface area contributed by atoms with Crippen LogP contribution in [0.25, 0.3) is 0 Å². The third-order valence-corrected chi connectivity index (χ3v) is 1.47. The minimum atomic E-state index is -0.681. The molecule has 0 aromatic rings. The van der Waals surface area contributed by atoms with Crippen molar-refractivity contribution in [3.63, 3.8) is 0 Å². The third kappa shape index (κ3) is 3.46. The summed E-state index contributed by atoms with van der Waals surface area (Å²) in [7, 11) is 0. The van der Waals surface area contributed by atoms with Crippen molar-refractivity contribution in [1.82, 2.24) is 0 Å². The number of alkyl halides is 2. The van der Waals surface area contributed by atoms with Gasteiger partial charge in [0.15, 0.2) is 0 Å². The lowest BCUT2D eigenvalue weighted by Gasteiger charge is -2.11. The number of hydrogen-bond donors (Lipinski definition) is 2. The molecule has 0 atom stereocenters. The molecule has 0 aromatic heterocycles. The summed E-state index contributed by atoms with van der Waals surface area (Å²) in [4.78, 5) is 0. The SMILES string of the molecule is OCC(Br)(Br)CO. The highest BCUT2D eigenvalue weighted by Gasteiger charge is 2.18. The molecule has 2 N–H and O–H groups in total. The number of aliphatic hydroxyl groups is 2. The fraction of sp³-hybridized carbons (Fsp3) is 1.00. The van der Waals surface area contributed by atoms with Gasteiger partial charge in [0.05, 0.1) is 13.2 Å². The summed E-state index contributed by atoms with van der Waals surface area (Å²) in [6, 6.07) is 0. The number of halogens is 2. The van der Waals surface area contributed by atoms with Crippen LogP contribution in [0.1, 0.15) is 0 Å². The Labute approximate surface area is 58.8 Å². The maximum absolute atomic E-state index is 8.34. The van der Waals surface area contributed by atoms with Gasteiger partial charge >= 0.3 is 0 Å². The number of hydrogen-bond acceptors (Lipinski definition) is 2. The maximum Gasteiger partial charge on any atom is 0.126 e. The molecule has 0 saturated carbocycles. The van der Waals surface area contributed by atoms with Crippen LogP contribution in [0.4, 0.5) is 0 Å². The molecule has 0 aliphatic carbocycles. The summed E-state index contributed by atoms with van der Waals surface area (Å²) >= 11 is 5.99. The molecule has 0 heterocycles. The van der Waals surface area contributed by atoms with Crippen molar-refractivity contribution in [2.24, 2.45) is 0 Å². The van der Waals surface area contributed by atoms with Gasteiger partial charge in [-0.2, -0.15) is 0 Å². The van der Waals surface area contributed by atoms with Crippen LogP contribution in [0.2, 0.25) is 0 Å². The second-order valence-electron chi connectivity index (χ2n) is 1.17. The van der Waals surface area contributed by atoms with Crippen molar-refractivity contribution in [1.29, 1.82) is 0 Å². The van der Waals surface area contributed by atoms with Gasteiger partial charge in [0.1, 0.15) is 3.23 Å². The van der Waals surface area contributed by atoms with Gasteiger partial charge in [-0.1, -0.05) is 31.9 Å². The molecule has 0 spiro atoms. The van der Waals surface area contributed by atoms with E-state index >= 15 is 0 Å². The van der Waals surface area contributed by atoms with Gasteiger partial charge in [-0.05, 0) is 0 Å². The van der Waals surface area contributed by atoms with E-state index < -0.39 is 3.23 Å². The lowest BCUT2D eigenvalue weighted by molar-refractivity contribution is 0.221. The molecule has 4 heteroatoms. The van der Waals surface area contributed by atoms with Crippen LogP contribution in [0.15, 0.2) is 0 Å². The topological polar surface area (TPSA) is 40.5 Å². The van der Waals surface area contributed by atoms with Crippen LogP contribution >= 0.6 is 31.9 Å². The van der Waals surface area contributed by atoms with E-state index in [1.807, 2.05) is 0 Å². The molecule has 0 fully saturated rings. The van der Waals surface area contributed by atoms with Gasteiger partial charge in [0, 0.05) is 0 Å². The number of aliphatic hydroxyl groups excluding tert-OH is 2. The van der Waals surface area contributed by atoms with Crippen LogP contribution in [0.3, 0.4) is 0 Å². The quantitative estimate of drug-likeness (QED) is 0.681. The maximum atomic E-state index is 8.34. The van der Waals surface area contributed by atoms with E-state index in [0.29, 0.717) is 0 Å². The Kier molecular flexibility index (Phi) is 3.40. The van der Waals surface area contributed by atoms with E-state index in [0.717, 1.165) is 0 Å². The summed E-state index contributed by atoms with van der Waals surface area (Å²) in [6.07, 6.45) is 0. The molecule has 0 rings (SSSR count). The fourth-order valence-electron chi connectivity index (χ4n) is 0.0500. The smallest absolute Gasteiger partial charge is 0.126 e. The standard InChI is InChI=1S/C3H6Br2O2/c4-3(5,1-6)2-7/h6-7H,1-2H2. The first-order valence-electron chi connectivity index (χ1n) is 1.72. The van der Waals surface area contributed by atoms with Gasteiger partial charge in [-0.15, -0.1) is 0 Å². The summed E-state index contributed by atoms with van der Waals surface area (Å²) in [5.74, 6) is 0. The van der Waals surface area contributed by atoms with E-state index in [4.69, 9.17) is 10.2 Å². The Hall–Kier alpha value is 0.880. The normalized spacial score (nSPS) is 12.0. The Morgan fingerprint density at radius 2 is 1.43 bits per heavy atom. The van der Waals surface area contributed by atoms with Crippen LogP contribution in [0.5, 0.6) is 0 Å². The molecule has 0 unspecified atom stereocenters. The molecule has 0 amide bonds. The summed E-state index contributed by atoms with van der Waals surface area (Å²) in [6.45, 7) is -0.243. The molecule has 0 aromatic carbocycles. The van der Waals surface area contributed by atoms with E-state index in [2.05, 4.69) is 31.9 Å². The van der Waals surface area contributed by atoms with Crippen LogP contribution < -0.4 is 0 Å². The predicted molar refractivity (Wildman–Crippen MR) is 34.8 cm³/mol. The Bertz CT molecular complexity index is 48.9. The third-order valence-electron chi connectivity index (χ3n) is 0.463. The second kappa shape index (κ2) is 3.02. The van der Waals surface area contributed by atoms with Gasteiger partial charge < -0.3 is 10.2 Å². The molecule has 2 nitrogen and oxygen atoms in total. The predicted octanol–water partition coefficient (Wildman–Crippen LogP) is 0.457. The molecule has 7 heavy (non-hydrogen) atoms. The summed E-state index contributed by atoms with van der Waals surface area (Å²) in [5, 5.41) is 16.7. The molecule has 0 radical (unpaired) electrons. The highest BCUT2D eigenvalue weighted by atomic mass is 79.9. The number of rotatable bonds is 2. The zero-order valence-electron chi connectivity index (χ0n) is 3.56.